The highest BCUT2D eigenvalue weighted by Crippen LogP contribution is 2.37. The number of rotatable bonds is 8. The summed E-state index contributed by atoms with van der Waals surface area (Å²) >= 11 is 13.6. The van der Waals surface area contributed by atoms with Crippen LogP contribution in [0.2, 0.25) is 10.0 Å². The number of hydrogen-bond donors (Lipinski definition) is 0. The summed E-state index contributed by atoms with van der Waals surface area (Å²) in [6.07, 6.45) is 2.69. The minimum atomic E-state index is -0.0538. The highest BCUT2D eigenvalue weighted by molar-refractivity contribution is 8.18. The summed E-state index contributed by atoms with van der Waals surface area (Å²) in [5.41, 5.74) is 3.62. The fraction of sp³-hybridized carbons (Fsp3) is 0.241. The summed E-state index contributed by atoms with van der Waals surface area (Å²) in [4.78, 5) is 20.6. The molecule has 5 nitrogen and oxygen atoms in total. The molecule has 0 aliphatic carbocycles. The maximum Gasteiger partial charge on any atom is 0.266 e. The van der Waals surface area contributed by atoms with E-state index in [0.717, 1.165) is 28.8 Å². The van der Waals surface area contributed by atoms with Crippen molar-refractivity contribution < 1.29 is 14.3 Å². The third-order valence-electron chi connectivity index (χ3n) is 6.01. The number of aryl methyl sites for hydroxylation is 1. The largest absolute Gasteiger partial charge is 0.493 e. The molecule has 3 aromatic carbocycles. The zero-order chi connectivity index (χ0) is 26.5. The summed E-state index contributed by atoms with van der Waals surface area (Å²) in [5, 5.41) is 1.79. The number of amidine groups is 1. The minimum absolute atomic E-state index is 0.0279. The smallest absolute Gasteiger partial charge is 0.266 e. The van der Waals surface area contributed by atoms with Gasteiger partial charge in [0, 0.05) is 21.7 Å². The average Bonchev–Trinajstić information content (AvgIpc) is 3.18. The molecular weight excluding hydrogens is 527 g/mol. The van der Waals surface area contributed by atoms with E-state index in [0.29, 0.717) is 31.6 Å². The topological polar surface area (TPSA) is 51.1 Å². The molecule has 4 rings (SSSR count). The molecule has 1 saturated heterocycles. The number of ether oxygens (including phenoxy) is 2. The predicted octanol–water partition coefficient (Wildman–Crippen LogP) is 8.29. The van der Waals surface area contributed by atoms with E-state index in [1.54, 1.807) is 24.1 Å². The van der Waals surface area contributed by atoms with Crippen molar-refractivity contribution in [1.29, 1.82) is 0 Å². The van der Waals surface area contributed by atoms with Crippen molar-refractivity contribution in [2.45, 2.75) is 39.8 Å². The highest BCUT2D eigenvalue weighted by Gasteiger charge is 2.36. The fourth-order valence-electron chi connectivity index (χ4n) is 3.70. The van der Waals surface area contributed by atoms with Gasteiger partial charge in [-0.1, -0.05) is 60.0 Å². The molecule has 1 amide bonds. The van der Waals surface area contributed by atoms with Crippen LogP contribution in [0.15, 0.2) is 70.6 Å². The molecule has 1 aliphatic heterocycles. The molecular formula is C29H28Cl2N2O3S. The van der Waals surface area contributed by atoms with E-state index in [2.05, 4.69) is 6.92 Å². The summed E-state index contributed by atoms with van der Waals surface area (Å²) < 4.78 is 11.5. The summed E-state index contributed by atoms with van der Waals surface area (Å²) in [5.74, 6) is 1.08. The van der Waals surface area contributed by atoms with Crippen LogP contribution in [0.3, 0.4) is 0 Å². The normalized spacial score (nSPS) is 16.5. The molecule has 1 fully saturated rings. The molecule has 37 heavy (non-hydrogen) atoms. The Hall–Kier alpha value is -2.93. The van der Waals surface area contributed by atoms with Gasteiger partial charge in [0.15, 0.2) is 16.7 Å². The van der Waals surface area contributed by atoms with Gasteiger partial charge in [0.1, 0.15) is 6.61 Å². The number of aliphatic imine (C=N–C) groups is 1. The first kappa shape index (κ1) is 27.1. The third kappa shape index (κ3) is 6.50. The van der Waals surface area contributed by atoms with E-state index < -0.39 is 0 Å². The number of methoxy groups -OCH3 is 1. The van der Waals surface area contributed by atoms with Gasteiger partial charge >= 0.3 is 0 Å². The molecule has 1 heterocycles. The number of carbonyl (C=O) groups is 1. The summed E-state index contributed by atoms with van der Waals surface area (Å²) in [6.45, 7) is 6.40. The van der Waals surface area contributed by atoms with Crippen LogP contribution < -0.4 is 9.47 Å². The van der Waals surface area contributed by atoms with Crippen molar-refractivity contribution in [3.8, 4) is 11.5 Å². The van der Waals surface area contributed by atoms with Gasteiger partial charge in [-0.25, -0.2) is 4.99 Å². The van der Waals surface area contributed by atoms with E-state index >= 15 is 0 Å². The second-order valence-electron chi connectivity index (χ2n) is 8.71. The number of benzene rings is 3. The number of hydrogen-bond acceptors (Lipinski definition) is 5. The van der Waals surface area contributed by atoms with Crippen molar-refractivity contribution in [3.05, 3.63) is 92.3 Å². The van der Waals surface area contributed by atoms with E-state index in [-0.39, 0.29) is 18.6 Å². The van der Waals surface area contributed by atoms with Crippen molar-refractivity contribution in [3.63, 3.8) is 0 Å². The number of carbonyl (C=O) groups excluding carboxylic acids is 1. The SMILES string of the molecule is CC[C@H](C)N1C(=O)/C(=C\c2ccc(OCc3ccc(Cl)cc3Cl)c(OC)c2)SC1=Nc1ccc(C)cc1. The Kier molecular flexibility index (Phi) is 8.85. The molecule has 1 atom stereocenters. The van der Waals surface area contributed by atoms with Gasteiger partial charge in [-0.2, -0.15) is 0 Å². The monoisotopic (exact) mass is 554 g/mol. The molecule has 0 aromatic heterocycles. The van der Waals surface area contributed by atoms with Crippen molar-refractivity contribution in [2.24, 2.45) is 4.99 Å². The van der Waals surface area contributed by atoms with E-state index in [9.17, 15) is 4.79 Å². The van der Waals surface area contributed by atoms with Gasteiger partial charge < -0.3 is 9.47 Å². The fourth-order valence-corrected chi connectivity index (χ4v) is 5.26. The minimum Gasteiger partial charge on any atom is -0.493 e. The quantitative estimate of drug-likeness (QED) is 0.263. The van der Waals surface area contributed by atoms with Crippen molar-refractivity contribution >= 4 is 57.8 Å². The lowest BCUT2D eigenvalue weighted by molar-refractivity contribution is -0.123. The highest BCUT2D eigenvalue weighted by atomic mass is 35.5. The third-order valence-corrected chi connectivity index (χ3v) is 7.58. The van der Waals surface area contributed by atoms with Crippen LogP contribution in [0, 0.1) is 6.92 Å². The van der Waals surface area contributed by atoms with Gasteiger partial charge in [0.2, 0.25) is 0 Å². The predicted molar refractivity (Wildman–Crippen MR) is 154 cm³/mol. The molecule has 8 heteroatoms. The second kappa shape index (κ2) is 12.1. The Labute approximate surface area is 232 Å². The maximum atomic E-state index is 13.4. The van der Waals surface area contributed by atoms with Crippen LogP contribution in [-0.4, -0.2) is 29.1 Å². The Balaban J connectivity index is 1.58. The van der Waals surface area contributed by atoms with Crippen LogP contribution in [-0.2, 0) is 11.4 Å². The van der Waals surface area contributed by atoms with Gasteiger partial charge in [0.25, 0.3) is 5.91 Å². The number of halogens is 2. The van der Waals surface area contributed by atoms with Gasteiger partial charge in [-0.3, -0.25) is 9.69 Å². The van der Waals surface area contributed by atoms with Gasteiger partial charge in [-0.15, -0.1) is 0 Å². The number of nitrogens with zero attached hydrogens (tertiary/aromatic N) is 2. The van der Waals surface area contributed by atoms with Crippen LogP contribution in [0.5, 0.6) is 11.5 Å². The number of thioether (sulfide) groups is 1. The molecule has 0 spiro atoms. The lowest BCUT2D eigenvalue weighted by atomic mass is 10.1. The van der Waals surface area contributed by atoms with Gasteiger partial charge in [0.05, 0.1) is 17.7 Å². The standard InChI is InChI=1S/C29H28Cl2N2O3S/c1-5-19(3)33-28(34)27(37-29(33)32-23-11-6-18(2)7-12-23)15-20-8-13-25(26(14-20)35-4)36-17-21-9-10-22(30)16-24(21)31/h6-16,19H,5,17H2,1-4H3/b27-15+,32-29?/t19-/m0/s1. The average molecular weight is 556 g/mol. The van der Waals surface area contributed by atoms with E-state index in [1.807, 2.05) is 68.5 Å². The molecule has 3 aromatic rings. The molecule has 0 radical (unpaired) electrons. The van der Waals surface area contributed by atoms with E-state index in [1.165, 1.54) is 11.8 Å². The van der Waals surface area contributed by atoms with Crippen LogP contribution in [0.1, 0.15) is 37.0 Å². The first-order valence-electron chi connectivity index (χ1n) is 11.9. The van der Waals surface area contributed by atoms with Crippen LogP contribution in [0.4, 0.5) is 5.69 Å². The van der Waals surface area contributed by atoms with Crippen LogP contribution >= 0.6 is 35.0 Å². The zero-order valence-corrected chi connectivity index (χ0v) is 23.5. The first-order valence-corrected chi connectivity index (χ1v) is 13.5. The lowest BCUT2D eigenvalue weighted by Gasteiger charge is -2.22. The summed E-state index contributed by atoms with van der Waals surface area (Å²) in [7, 11) is 1.58. The zero-order valence-electron chi connectivity index (χ0n) is 21.1. The molecule has 1 aliphatic rings. The molecule has 192 valence electrons. The van der Waals surface area contributed by atoms with E-state index in [4.69, 9.17) is 37.7 Å². The van der Waals surface area contributed by atoms with Crippen LogP contribution in [0.25, 0.3) is 6.08 Å². The second-order valence-corrected chi connectivity index (χ2v) is 10.6. The Morgan fingerprint density at radius 1 is 1.05 bits per heavy atom. The molecule has 0 unspecified atom stereocenters. The molecule has 0 bridgehead atoms. The maximum absolute atomic E-state index is 13.4. The van der Waals surface area contributed by atoms with Crippen molar-refractivity contribution in [2.75, 3.05) is 7.11 Å². The molecule has 0 N–H and O–H groups in total. The lowest BCUT2D eigenvalue weighted by Crippen LogP contribution is -2.36. The van der Waals surface area contributed by atoms with Crippen molar-refractivity contribution in [1.82, 2.24) is 4.90 Å². The Bertz CT molecular complexity index is 1360. The Morgan fingerprint density at radius 2 is 1.81 bits per heavy atom. The first-order chi connectivity index (χ1) is 17.8. The van der Waals surface area contributed by atoms with Gasteiger partial charge in [-0.05, 0) is 80.1 Å². The number of amides is 1. The summed E-state index contributed by atoms with van der Waals surface area (Å²) in [6, 6.07) is 18.8. The molecule has 0 saturated carbocycles. The Morgan fingerprint density at radius 3 is 2.49 bits per heavy atom.